The normalized spacial score (nSPS) is 8.53. The molecule has 0 aromatic heterocycles. The first-order chi connectivity index (χ1) is 8.12. The lowest BCUT2D eigenvalue weighted by Gasteiger charge is -1.96. The molecule has 0 amide bonds. The van der Waals surface area contributed by atoms with E-state index < -0.39 is 11.9 Å². The number of hydrogen-bond acceptors (Lipinski definition) is 4. The van der Waals surface area contributed by atoms with Gasteiger partial charge in [-0.3, -0.25) is 0 Å². The van der Waals surface area contributed by atoms with Crippen LogP contribution in [-0.2, 0) is 19.1 Å². The Kier molecular flexibility index (Phi) is 14.7. The van der Waals surface area contributed by atoms with Crippen LogP contribution in [0.2, 0.25) is 0 Å². The first-order valence-corrected chi connectivity index (χ1v) is 5.00. The van der Waals surface area contributed by atoms with E-state index in [9.17, 15) is 9.59 Å². The number of esters is 2. The van der Waals surface area contributed by atoms with Gasteiger partial charge in [0.1, 0.15) is 13.2 Å². The predicted molar refractivity (Wildman–Crippen MR) is 67.5 cm³/mol. The van der Waals surface area contributed by atoms with E-state index in [1.54, 1.807) is 0 Å². The highest BCUT2D eigenvalue weighted by Crippen LogP contribution is 1.85. The summed E-state index contributed by atoms with van der Waals surface area (Å²) in [5.41, 5.74) is 1.22. The van der Waals surface area contributed by atoms with Gasteiger partial charge in [-0.1, -0.05) is 43.5 Å². The van der Waals surface area contributed by atoms with Crippen molar-refractivity contribution in [2.75, 3.05) is 13.2 Å². The van der Waals surface area contributed by atoms with Crippen LogP contribution >= 0.6 is 11.6 Å². The Morgan fingerprint density at radius 2 is 1.24 bits per heavy atom. The van der Waals surface area contributed by atoms with Gasteiger partial charge >= 0.3 is 11.9 Å². The van der Waals surface area contributed by atoms with Gasteiger partial charge in [0.2, 0.25) is 0 Å². The third-order valence-electron chi connectivity index (χ3n) is 1.04. The van der Waals surface area contributed by atoms with Crippen molar-refractivity contribution in [3.05, 3.63) is 49.6 Å². The zero-order chi connectivity index (χ0) is 13.5. The summed E-state index contributed by atoms with van der Waals surface area (Å²) < 4.78 is 9.15. The largest absolute Gasteiger partial charge is 0.458 e. The molecule has 4 nitrogen and oxygen atoms in total. The average molecular weight is 259 g/mol. The molecule has 0 aliphatic rings. The van der Waals surface area contributed by atoms with Crippen molar-refractivity contribution in [1.29, 1.82) is 0 Å². The molecule has 0 rings (SSSR count). The molecule has 0 spiro atoms. The number of halogens is 1. The summed E-state index contributed by atoms with van der Waals surface area (Å²) in [4.78, 5) is 21.6. The molecule has 0 unspecified atom stereocenters. The molecule has 94 valence electrons. The molecule has 0 fully saturated rings. The van der Waals surface area contributed by atoms with Crippen molar-refractivity contribution >= 4 is 23.5 Å². The van der Waals surface area contributed by atoms with E-state index >= 15 is 0 Å². The van der Waals surface area contributed by atoms with Crippen LogP contribution in [0.1, 0.15) is 0 Å². The minimum Gasteiger partial charge on any atom is -0.458 e. The lowest BCUT2D eigenvalue weighted by molar-refractivity contribution is -0.139. The summed E-state index contributed by atoms with van der Waals surface area (Å²) in [6.07, 6.45) is 4.85. The first kappa shape index (κ1) is 17.6. The van der Waals surface area contributed by atoms with Crippen LogP contribution in [-0.4, -0.2) is 25.2 Å². The molecule has 17 heavy (non-hydrogen) atoms. The second-order valence-electron chi connectivity index (χ2n) is 2.33. The van der Waals surface area contributed by atoms with Crippen molar-refractivity contribution in [1.82, 2.24) is 0 Å². The third-order valence-corrected chi connectivity index (χ3v) is 1.04. The Balaban J connectivity index is 0. The highest BCUT2D eigenvalue weighted by atomic mass is 35.5. The molecule has 0 aliphatic carbocycles. The van der Waals surface area contributed by atoms with Gasteiger partial charge in [0, 0.05) is 12.2 Å². The summed E-state index contributed by atoms with van der Waals surface area (Å²) in [6.45, 7) is 10.1. The van der Waals surface area contributed by atoms with Gasteiger partial charge in [-0.2, -0.15) is 0 Å². The Morgan fingerprint density at radius 3 is 1.47 bits per heavy atom. The molecule has 0 atom stereocenters. The molecular weight excluding hydrogens is 244 g/mol. The Morgan fingerprint density at radius 1 is 0.941 bits per heavy atom. The van der Waals surface area contributed by atoms with Crippen LogP contribution in [0.25, 0.3) is 0 Å². The Bertz CT molecular complexity index is 269. The van der Waals surface area contributed by atoms with Crippen LogP contribution < -0.4 is 0 Å². The summed E-state index contributed by atoms with van der Waals surface area (Å²) >= 11 is 4.76. The Hall–Kier alpha value is -1.81. The highest BCUT2D eigenvalue weighted by Gasteiger charge is 1.98. The van der Waals surface area contributed by atoms with Crippen LogP contribution in [0, 0.1) is 0 Å². The van der Waals surface area contributed by atoms with E-state index in [-0.39, 0.29) is 13.2 Å². The number of carbonyl (C=O) groups excluding carboxylic acids is 2. The molecule has 0 aliphatic heterocycles. The second kappa shape index (κ2) is 14.2. The van der Waals surface area contributed by atoms with Crippen LogP contribution in [0.4, 0.5) is 0 Å². The minimum atomic E-state index is -0.611. The number of rotatable bonds is 6. The summed E-state index contributed by atoms with van der Waals surface area (Å²) in [6, 6.07) is 0. The van der Waals surface area contributed by atoms with E-state index in [1.165, 1.54) is 17.7 Å². The molecule has 0 aromatic rings. The summed E-state index contributed by atoms with van der Waals surface area (Å²) in [5.74, 6) is -1.22. The molecule has 5 heteroatoms. The van der Waals surface area contributed by atoms with Gasteiger partial charge in [0.25, 0.3) is 0 Å². The standard InChI is InChI=1S/C10H12O4.C2H3Cl/c1-3-7-13-9(11)5-6-10(12)14-8-4-2;1-2-3/h3-6H,1-2,7-8H2;2H,1H2. The zero-order valence-corrected chi connectivity index (χ0v) is 10.2. The van der Waals surface area contributed by atoms with Crippen molar-refractivity contribution in [3.8, 4) is 0 Å². The number of carbonyl (C=O) groups is 2. The maximum Gasteiger partial charge on any atom is 0.331 e. The lowest BCUT2D eigenvalue weighted by atomic mass is 10.5. The van der Waals surface area contributed by atoms with E-state index in [0.717, 1.165) is 12.2 Å². The van der Waals surface area contributed by atoms with E-state index in [2.05, 4.69) is 29.2 Å². The molecule has 0 saturated heterocycles. The molecule has 0 radical (unpaired) electrons. The molecular formula is C12H15ClO4. The molecule has 0 heterocycles. The quantitative estimate of drug-likeness (QED) is 0.417. The molecule has 0 saturated carbocycles. The predicted octanol–water partition coefficient (Wildman–Crippen LogP) is 2.37. The average Bonchev–Trinajstić information content (AvgIpc) is 2.32. The monoisotopic (exact) mass is 258 g/mol. The molecule has 0 aromatic carbocycles. The lowest BCUT2D eigenvalue weighted by Crippen LogP contribution is -2.04. The maximum absolute atomic E-state index is 10.8. The minimum absolute atomic E-state index is 0.116. The van der Waals surface area contributed by atoms with Crippen molar-refractivity contribution in [3.63, 3.8) is 0 Å². The van der Waals surface area contributed by atoms with E-state index in [4.69, 9.17) is 11.6 Å². The van der Waals surface area contributed by atoms with Gasteiger partial charge in [-0.15, -0.1) is 0 Å². The van der Waals surface area contributed by atoms with Crippen LogP contribution in [0.15, 0.2) is 49.6 Å². The topological polar surface area (TPSA) is 52.6 Å². The fourth-order valence-corrected chi connectivity index (χ4v) is 0.514. The fraction of sp³-hybridized carbons (Fsp3) is 0.167. The van der Waals surface area contributed by atoms with E-state index in [1.807, 2.05) is 0 Å². The zero-order valence-electron chi connectivity index (χ0n) is 9.43. The summed E-state index contributed by atoms with van der Waals surface area (Å²) in [5, 5.41) is 0. The first-order valence-electron chi connectivity index (χ1n) is 4.56. The number of ether oxygens (including phenoxy) is 2. The van der Waals surface area contributed by atoms with Crippen molar-refractivity contribution < 1.29 is 19.1 Å². The van der Waals surface area contributed by atoms with Gasteiger partial charge < -0.3 is 9.47 Å². The van der Waals surface area contributed by atoms with Crippen LogP contribution in [0.3, 0.4) is 0 Å². The van der Waals surface area contributed by atoms with Gasteiger partial charge in [-0.25, -0.2) is 9.59 Å². The smallest absolute Gasteiger partial charge is 0.331 e. The molecule has 0 bridgehead atoms. The second-order valence-corrected chi connectivity index (χ2v) is 2.63. The van der Waals surface area contributed by atoms with Gasteiger partial charge in [0.05, 0.1) is 0 Å². The fourth-order valence-electron chi connectivity index (χ4n) is 0.514. The van der Waals surface area contributed by atoms with Crippen LogP contribution in [0.5, 0.6) is 0 Å². The third kappa shape index (κ3) is 16.8. The SMILES string of the molecule is C=CCOC(=O)C=CC(=O)OCC=C.C=CCl. The molecule has 0 N–H and O–H groups in total. The number of hydrogen-bond donors (Lipinski definition) is 0. The van der Waals surface area contributed by atoms with Crippen molar-refractivity contribution in [2.45, 2.75) is 0 Å². The van der Waals surface area contributed by atoms with Crippen molar-refractivity contribution in [2.24, 2.45) is 0 Å². The van der Waals surface area contributed by atoms with Gasteiger partial charge in [-0.05, 0) is 5.54 Å². The maximum atomic E-state index is 10.8. The van der Waals surface area contributed by atoms with E-state index in [0.29, 0.717) is 0 Å². The summed E-state index contributed by atoms with van der Waals surface area (Å²) in [7, 11) is 0. The highest BCUT2D eigenvalue weighted by molar-refractivity contribution is 6.25. The Labute approximate surface area is 106 Å². The van der Waals surface area contributed by atoms with Gasteiger partial charge in [0.15, 0.2) is 0 Å².